The molecule has 0 bridgehead atoms. The van der Waals surface area contributed by atoms with Gasteiger partial charge in [-0.2, -0.15) is 18.2 Å². The standard InChI is InChI=1S/C10H12F3N3O/c11-10(12,13)8-3-6-15-9(16-8)17-7-1-4-14-5-2-7/h3,6-7,14H,1-2,4-5H2. The summed E-state index contributed by atoms with van der Waals surface area (Å²) in [7, 11) is 0. The maximum Gasteiger partial charge on any atom is 0.433 e. The number of hydrogen-bond donors (Lipinski definition) is 1. The van der Waals surface area contributed by atoms with E-state index in [-0.39, 0.29) is 12.1 Å². The van der Waals surface area contributed by atoms with Crippen molar-refractivity contribution in [2.45, 2.75) is 25.1 Å². The lowest BCUT2D eigenvalue weighted by Gasteiger charge is -2.22. The fraction of sp³-hybridized carbons (Fsp3) is 0.600. The summed E-state index contributed by atoms with van der Waals surface area (Å²) in [6.45, 7) is 1.59. The molecule has 2 rings (SSSR count). The summed E-state index contributed by atoms with van der Waals surface area (Å²) in [6, 6.07) is 0.627. The van der Waals surface area contributed by atoms with Crippen molar-refractivity contribution in [2.24, 2.45) is 0 Å². The van der Waals surface area contributed by atoms with Gasteiger partial charge in [-0.3, -0.25) is 0 Å². The molecule has 0 aliphatic carbocycles. The molecule has 1 fully saturated rings. The number of nitrogens with one attached hydrogen (secondary N) is 1. The van der Waals surface area contributed by atoms with Gasteiger partial charge >= 0.3 is 12.2 Å². The molecule has 94 valence electrons. The third-order valence-corrected chi connectivity index (χ3v) is 2.48. The SMILES string of the molecule is FC(F)(F)c1ccnc(OC2CCNCC2)n1. The Morgan fingerprint density at radius 3 is 2.65 bits per heavy atom. The van der Waals surface area contributed by atoms with Gasteiger partial charge in [0.25, 0.3) is 0 Å². The molecule has 0 unspecified atom stereocenters. The molecular weight excluding hydrogens is 235 g/mol. The maximum absolute atomic E-state index is 12.4. The zero-order valence-electron chi connectivity index (χ0n) is 9.00. The highest BCUT2D eigenvalue weighted by atomic mass is 19.4. The first-order valence-corrected chi connectivity index (χ1v) is 5.33. The van der Waals surface area contributed by atoms with E-state index in [0.29, 0.717) is 0 Å². The Kier molecular flexibility index (Phi) is 3.46. The molecule has 0 spiro atoms. The van der Waals surface area contributed by atoms with Gasteiger partial charge in [0, 0.05) is 6.20 Å². The number of alkyl halides is 3. The maximum atomic E-state index is 12.4. The number of halogens is 3. The van der Waals surface area contributed by atoms with Crippen molar-refractivity contribution in [1.82, 2.24) is 15.3 Å². The van der Waals surface area contributed by atoms with Crippen molar-refractivity contribution in [3.63, 3.8) is 0 Å². The van der Waals surface area contributed by atoms with Crippen LogP contribution >= 0.6 is 0 Å². The molecule has 7 heteroatoms. The first-order valence-electron chi connectivity index (χ1n) is 5.33. The van der Waals surface area contributed by atoms with Gasteiger partial charge in [-0.1, -0.05) is 0 Å². The Labute approximate surface area is 96.2 Å². The van der Waals surface area contributed by atoms with Crippen LogP contribution in [0.25, 0.3) is 0 Å². The zero-order chi connectivity index (χ0) is 12.3. The molecule has 17 heavy (non-hydrogen) atoms. The third kappa shape index (κ3) is 3.29. The average molecular weight is 247 g/mol. The Bertz CT molecular complexity index is 377. The van der Waals surface area contributed by atoms with Crippen molar-refractivity contribution in [3.05, 3.63) is 18.0 Å². The molecule has 1 saturated heterocycles. The molecule has 0 radical (unpaired) electrons. The van der Waals surface area contributed by atoms with E-state index in [2.05, 4.69) is 15.3 Å². The zero-order valence-corrected chi connectivity index (χ0v) is 9.00. The van der Waals surface area contributed by atoms with Crippen LogP contribution in [-0.2, 0) is 6.18 Å². The summed E-state index contributed by atoms with van der Waals surface area (Å²) in [6.07, 6.45) is -2.01. The van der Waals surface area contributed by atoms with Crippen molar-refractivity contribution >= 4 is 0 Å². The Morgan fingerprint density at radius 2 is 2.00 bits per heavy atom. The molecule has 0 amide bonds. The fourth-order valence-electron chi connectivity index (χ4n) is 1.62. The van der Waals surface area contributed by atoms with Gasteiger partial charge in [0.05, 0.1) is 0 Å². The number of aromatic nitrogens is 2. The van der Waals surface area contributed by atoms with Gasteiger partial charge < -0.3 is 10.1 Å². The first kappa shape index (κ1) is 12.1. The minimum absolute atomic E-state index is 0.111. The monoisotopic (exact) mass is 247 g/mol. The van der Waals surface area contributed by atoms with Gasteiger partial charge in [0.2, 0.25) is 0 Å². The predicted octanol–water partition coefficient (Wildman–Crippen LogP) is 1.63. The molecule has 1 aromatic rings. The van der Waals surface area contributed by atoms with Crippen LogP contribution in [0.1, 0.15) is 18.5 Å². The second kappa shape index (κ2) is 4.87. The normalized spacial score (nSPS) is 18.1. The summed E-state index contributed by atoms with van der Waals surface area (Å²) in [5, 5.41) is 3.14. The Morgan fingerprint density at radius 1 is 1.29 bits per heavy atom. The predicted molar refractivity (Wildman–Crippen MR) is 53.6 cm³/mol. The first-order chi connectivity index (χ1) is 8.05. The second-order valence-corrected chi connectivity index (χ2v) is 3.79. The highest BCUT2D eigenvalue weighted by molar-refractivity contribution is 5.09. The third-order valence-electron chi connectivity index (χ3n) is 2.48. The van der Waals surface area contributed by atoms with Gasteiger partial charge in [0.1, 0.15) is 6.10 Å². The molecule has 0 saturated carbocycles. The minimum Gasteiger partial charge on any atom is -0.460 e. The quantitative estimate of drug-likeness (QED) is 0.862. The van der Waals surface area contributed by atoms with Crippen LogP contribution in [0, 0.1) is 0 Å². The molecule has 1 N–H and O–H groups in total. The Hall–Kier alpha value is -1.37. The van der Waals surface area contributed by atoms with E-state index in [9.17, 15) is 13.2 Å². The highest BCUT2D eigenvalue weighted by Crippen LogP contribution is 2.28. The lowest BCUT2D eigenvalue weighted by molar-refractivity contribution is -0.141. The second-order valence-electron chi connectivity index (χ2n) is 3.79. The van der Waals surface area contributed by atoms with Crippen LogP contribution in [0.5, 0.6) is 6.01 Å². The summed E-state index contributed by atoms with van der Waals surface area (Å²) in [5.74, 6) is 0. The number of hydrogen-bond acceptors (Lipinski definition) is 4. The van der Waals surface area contributed by atoms with E-state index < -0.39 is 11.9 Å². The summed E-state index contributed by atoms with van der Waals surface area (Å²) < 4.78 is 42.5. The van der Waals surface area contributed by atoms with Crippen LogP contribution in [-0.4, -0.2) is 29.2 Å². The lowest BCUT2D eigenvalue weighted by atomic mass is 10.1. The summed E-state index contributed by atoms with van der Waals surface area (Å²) in [4.78, 5) is 7.05. The van der Waals surface area contributed by atoms with Crippen molar-refractivity contribution in [3.8, 4) is 6.01 Å². The largest absolute Gasteiger partial charge is 0.460 e. The summed E-state index contributed by atoms with van der Waals surface area (Å²) >= 11 is 0. The Balaban J connectivity index is 2.05. The van der Waals surface area contributed by atoms with E-state index in [1.165, 1.54) is 0 Å². The summed E-state index contributed by atoms with van der Waals surface area (Å²) in [5.41, 5.74) is -0.976. The van der Waals surface area contributed by atoms with Crippen molar-refractivity contribution in [1.29, 1.82) is 0 Å². The molecule has 1 aliphatic rings. The van der Waals surface area contributed by atoms with Crippen LogP contribution in [0.2, 0.25) is 0 Å². The number of nitrogens with zero attached hydrogens (tertiary/aromatic N) is 2. The van der Waals surface area contributed by atoms with Crippen molar-refractivity contribution < 1.29 is 17.9 Å². The molecule has 1 aromatic heterocycles. The number of piperidine rings is 1. The lowest BCUT2D eigenvalue weighted by Crippen LogP contribution is -2.34. The average Bonchev–Trinajstić information content (AvgIpc) is 2.29. The number of ether oxygens (including phenoxy) is 1. The van der Waals surface area contributed by atoms with E-state index in [1.807, 2.05) is 0 Å². The smallest absolute Gasteiger partial charge is 0.433 e. The minimum atomic E-state index is -4.46. The molecule has 4 nitrogen and oxygen atoms in total. The van der Waals surface area contributed by atoms with Crippen LogP contribution < -0.4 is 10.1 Å². The van der Waals surface area contributed by atoms with E-state index in [1.54, 1.807) is 0 Å². The van der Waals surface area contributed by atoms with Gasteiger partial charge in [-0.25, -0.2) is 4.98 Å². The van der Waals surface area contributed by atoms with Gasteiger partial charge in [-0.15, -0.1) is 0 Å². The van der Waals surface area contributed by atoms with Crippen LogP contribution in [0.15, 0.2) is 12.3 Å². The fourth-order valence-corrected chi connectivity index (χ4v) is 1.62. The molecule has 2 heterocycles. The van der Waals surface area contributed by atoms with Crippen LogP contribution in [0.4, 0.5) is 13.2 Å². The van der Waals surface area contributed by atoms with Crippen molar-refractivity contribution in [2.75, 3.05) is 13.1 Å². The van der Waals surface area contributed by atoms with E-state index >= 15 is 0 Å². The number of rotatable bonds is 2. The van der Waals surface area contributed by atoms with E-state index in [0.717, 1.165) is 38.2 Å². The topological polar surface area (TPSA) is 47.0 Å². The van der Waals surface area contributed by atoms with Gasteiger partial charge in [-0.05, 0) is 32.0 Å². The van der Waals surface area contributed by atoms with E-state index in [4.69, 9.17) is 4.74 Å². The molecule has 0 aromatic carbocycles. The molecule has 0 atom stereocenters. The molecular formula is C10H12F3N3O. The molecule has 1 aliphatic heterocycles. The highest BCUT2D eigenvalue weighted by Gasteiger charge is 2.33. The van der Waals surface area contributed by atoms with Gasteiger partial charge in [0.15, 0.2) is 5.69 Å². The van der Waals surface area contributed by atoms with Crippen LogP contribution in [0.3, 0.4) is 0 Å².